The molecule has 0 aromatic rings. The van der Waals surface area contributed by atoms with E-state index in [1.165, 1.54) is 0 Å². The monoisotopic (exact) mass is 232 g/mol. The van der Waals surface area contributed by atoms with Crippen LogP contribution in [0.5, 0.6) is 0 Å². The lowest BCUT2D eigenvalue weighted by molar-refractivity contribution is 0.279. The maximum Gasteiger partial charge on any atom is 0.214 e. The number of nitrogens with one attached hydrogen (secondary N) is 1. The Morgan fingerprint density at radius 1 is 1.20 bits per heavy atom. The van der Waals surface area contributed by atoms with Crippen LogP contribution in [0, 0.1) is 5.92 Å². The van der Waals surface area contributed by atoms with Crippen LogP contribution in [0.2, 0.25) is 0 Å². The second kappa shape index (κ2) is 4.80. The minimum atomic E-state index is -2.91. The summed E-state index contributed by atoms with van der Waals surface area (Å²) < 4.78 is 25.2. The van der Waals surface area contributed by atoms with Gasteiger partial charge in [0.15, 0.2) is 0 Å². The molecule has 0 aromatic carbocycles. The first-order chi connectivity index (χ1) is 7.18. The number of piperidine rings is 1. The van der Waals surface area contributed by atoms with Crippen LogP contribution in [0.15, 0.2) is 0 Å². The van der Waals surface area contributed by atoms with Crippen molar-refractivity contribution in [2.45, 2.75) is 25.7 Å². The highest BCUT2D eigenvalue weighted by molar-refractivity contribution is 7.89. The molecular formula is C10H20N2O2S. The van der Waals surface area contributed by atoms with Crippen molar-refractivity contribution in [3.63, 3.8) is 0 Å². The standard InChI is InChI=1S/C10H20N2O2S/c13-15(14)8-2-1-7-12(15)9-10-3-5-11-6-4-10/h10-11H,1-9H2. The van der Waals surface area contributed by atoms with Gasteiger partial charge in [0.05, 0.1) is 5.75 Å². The van der Waals surface area contributed by atoms with Gasteiger partial charge in [-0.1, -0.05) is 0 Å². The lowest BCUT2D eigenvalue weighted by atomic mass is 9.98. The third-order valence-corrected chi connectivity index (χ3v) is 5.30. The largest absolute Gasteiger partial charge is 0.317 e. The zero-order valence-electron chi connectivity index (χ0n) is 9.11. The van der Waals surface area contributed by atoms with E-state index in [4.69, 9.17) is 0 Å². The number of hydrogen-bond acceptors (Lipinski definition) is 3. The normalized spacial score (nSPS) is 29.1. The molecule has 2 aliphatic heterocycles. The van der Waals surface area contributed by atoms with E-state index in [1.807, 2.05) is 0 Å². The molecule has 2 heterocycles. The summed E-state index contributed by atoms with van der Waals surface area (Å²) in [4.78, 5) is 0. The Bertz CT molecular complexity index is 297. The molecule has 2 saturated heterocycles. The number of nitrogens with zero attached hydrogens (tertiary/aromatic N) is 1. The van der Waals surface area contributed by atoms with Gasteiger partial charge in [0.2, 0.25) is 10.0 Å². The molecule has 0 radical (unpaired) electrons. The summed E-state index contributed by atoms with van der Waals surface area (Å²) in [7, 11) is -2.91. The van der Waals surface area contributed by atoms with Gasteiger partial charge in [-0.05, 0) is 44.7 Å². The molecule has 0 amide bonds. The first-order valence-electron chi connectivity index (χ1n) is 5.87. The first-order valence-corrected chi connectivity index (χ1v) is 7.48. The van der Waals surface area contributed by atoms with Crippen LogP contribution >= 0.6 is 0 Å². The molecule has 88 valence electrons. The van der Waals surface area contributed by atoms with Crippen molar-refractivity contribution >= 4 is 10.0 Å². The zero-order chi connectivity index (χ0) is 10.7. The van der Waals surface area contributed by atoms with Crippen molar-refractivity contribution < 1.29 is 8.42 Å². The van der Waals surface area contributed by atoms with Gasteiger partial charge in [-0.2, -0.15) is 0 Å². The van der Waals surface area contributed by atoms with Crippen LogP contribution in [0.3, 0.4) is 0 Å². The van der Waals surface area contributed by atoms with Crippen LogP contribution in [-0.2, 0) is 10.0 Å². The smallest absolute Gasteiger partial charge is 0.214 e. The van der Waals surface area contributed by atoms with E-state index in [2.05, 4.69) is 5.32 Å². The summed E-state index contributed by atoms with van der Waals surface area (Å²) >= 11 is 0. The lowest BCUT2D eigenvalue weighted by Gasteiger charge is -2.31. The first kappa shape index (κ1) is 11.4. The summed E-state index contributed by atoms with van der Waals surface area (Å²) in [5.74, 6) is 0.928. The van der Waals surface area contributed by atoms with E-state index in [1.54, 1.807) is 4.31 Å². The molecule has 15 heavy (non-hydrogen) atoms. The van der Waals surface area contributed by atoms with E-state index >= 15 is 0 Å². The predicted octanol–water partition coefficient (Wildman–Crippen LogP) is 0.412. The molecule has 5 heteroatoms. The molecule has 0 bridgehead atoms. The molecule has 2 aliphatic rings. The van der Waals surface area contributed by atoms with E-state index in [9.17, 15) is 8.42 Å². The summed E-state index contributed by atoms with van der Waals surface area (Å²) in [5.41, 5.74) is 0. The van der Waals surface area contributed by atoms with E-state index in [0.717, 1.165) is 51.9 Å². The van der Waals surface area contributed by atoms with E-state index in [0.29, 0.717) is 11.7 Å². The molecule has 2 fully saturated rings. The average molecular weight is 232 g/mol. The van der Waals surface area contributed by atoms with Crippen molar-refractivity contribution in [3.05, 3.63) is 0 Å². The Morgan fingerprint density at radius 3 is 2.60 bits per heavy atom. The third kappa shape index (κ3) is 2.92. The molecule has 1 N–H and O–H groups in total. The minimum Gasteiger partial charge on any atom is -0.317 e. The van der Waals surface area contributed by atoms with Crippen LogP contribution in [0.1, 0.15) is 25.7 Å². The fraction of sp³-hybridized carbons (Fsp3) is 1.00. The topological polar surface area (TPSA) is 49.4 Å². The molecule has 2 rings (SSSR count). The Hall–Kier alpha value is -0.130. The second-order valence-corrected chi connectivity index (χ2v) is 6.66. The fourth-order valence-electron chi connectivity index (χ4n) is 2.40. The molecule has 0 aromatic heterocycles. The van der Waals surface area contributed by atoms with Crippen LogP contribution in [-0.4, -0.2) is 44.7 Å². The number of sulfonamides is 1. The van der Waals surface area contributed by atoms with Gasteiger partial charge in [-0.3, -0.25) is 0 Å². The van der Waals surface area contributed by atoms with Crippen LogP contribution < -0.4 is 5.32 Å². The van der Waals surface area contributed by atoms with Gasteiger partial charge in [0.25, 0.3) is 0 Å². The van der Waals surface area contributed by atoms with Gasteiger partial charge in [0.1, 0.15) is 0 Å². The van der Waals surface area contributed by atoms with Gasteiger partial charge in [0, 0.05) is 13.1 Å². The highest BCUT2D eigenvalue weighted by atomic mass is 32.2. The Labute approximate surface area is 92.1 Å². The molecule has 4 nitrogen and oxygen atoms in total. The van der Waals surface area contributed by atoms with Gasteiger partial charge in [-0.25, -0.2) is 12.7 Å². The molecule has 0 unspecified atom stereocenters. The Morgan fingerprint density at radius 2 is 1.93 bits per heavy atom. The average Bonchev–Trinajstić information content (AvgIpc) is 2.23. The predicted molar refractivity (Wildman–Crippen MR) is 60.2 cm³/mol. The SMILES string of the molecule is O=S1(=O)CCCCN1CC1CCNCC1. The maximum atomic E-state index is 11.8. The molecular weight excluding hydrogens is 212 g/mol. The van der Waals surface area contributed by atoms with Crippen molar-refractivity contribution in [1.29, 1.82) is 0 Å². The quantitative estimate of drug-likeness (QED) is 0.750. The Kier molecular flexibility index (Phi) is 3.64. The summed E-state index contributed by atoms with van der Waals surface area (Å²) in [6.07, 6.45) is 4.10. The zero-order valence-corrected chi connectivity index (χ0v) is 9.93. The van der Waals surface area contributed by atoms with Crippen molar-refractivity contribution in [1.82, 2.24) is 9.62 Å². The van der Waals surface area contributed by atoms with Crippen molar-refractivity contribution in [2.24, 2.45) is 5.92 Å². The lowest BCUT2D eigenvalue weighted by Crippen LogP contribution is -2.43. The minimum absolute atomic E-state index is 0.359. The van der Waals surface area contributed by atoms with E-state index < -0.39 is 10.0 Å². The summed E-state index contributed by atoms with van der Waals surface area (Å²) in [6.45, 7) is 3.58. The summed E-state index contributed by atoms with van der Waals surface area (Å²) in [5, 5.41) is 3.30. The molecule has 0 aliphatic carbocycles. The van der Waals surface area contributed by atoms with Crippen molar-refractivity contribution in [3.8, 4) is 0 Å². The van der Waals surface area contributed by atoms with Crippen molar-refractivity contribution in [2.75, 3.05) is 31.9 Å². The summed E-state index contributed by atoms with van der Waals surface area (Å²) in [6, 6.07) is 0. The molecule has 0 saturated carbocycles. The second-order valence-electron chi connectivity index (χ2n) is 4.57. The highest BCUT2D eigenvalue weighted by Gasteiger charge is 2.28. The Balaban J connectivity index is 1.91. The third-order valence-electron chi connectivity index (χ3n) is 3.37. The van der Waals surface area contributed by atoms with Crippen LogP contribution in [0.25, 0.3) is 0 Å². The van der Waals surface area contributed by atoms with Gasteiger partial charge >= 0.3 is 0 Å². The van der Waals surface area contributed by atoms with Gasteiger partial charge < -0.3 is 5.32 Å². The maximum absolute atomic E-state index is 11.8. The molecule has 0 spiro atoms. The number of hydrogen-bond donors (Lipinski definition) is 1. The van der Waals surface area contributed by atoms with Crippen LogP contribution in [0.4, 0.5) is 0 Å². The van der Waals surface area contributed by atoms with E-state index in [-0.39, 0.29) is 0 Å². The molecule has 0 atom stereocenters. The highest BCUT2D eigenvalue weighted by Crippen LogP contribution is 2.19. The number of rotatable bonds is 2. The fourth-order valence-corrected chi connectivity index (χ4v) is 4.07. The van der Waals surface area contributed by atoms with Gasteiger partial charge in [-0.15, -0.1) is 0 Å².